The summed E-state index contributed by atoms with van der Waals surface area (Å²) in [5.74, 6) is -3.23. The molecule has 0 aromatic rings. The first kappa shape index (κ1) is 21.1. The minimum atomic E-state index is -2.03. The van der Waals surface area contributed by atoms with Gasteiger partial charge >= 0.3 is 23.9 Å². The predicted molar refractivity (Wildman–Crippen MR) is 85.9 cm³/mol. The molecule has 1 saturated heterocycles. The van der Waals surface area contributed by atoms with Crippen molar-refractivity contribution in [3.8, 4) is 0 Å². The number of carbonyl (C=O) groups is 4. The first-order valence-corrected chi connectivity index (χ1v) is 8.57. The van der Waals surface area contributed by atoms with Crippen molar-refractivity contribution in [2.24, 2.45) is 0 Å². The second-order valence-electron chi connectivity index (χ2n) is 6.66. The number of ether oxygens (including phenoxy) is 5. The van der Waals surface area contributed by atoms with Crippen LogP contribution in [-0.4, -0.2) is 65.8 Å². The van der Waals surface area contributed by atoms with Gasteiger partial charge in [0.15, 0.2) is 17.3 Å². The number of fused-ring (bicyclic) bond motifs is 1. The quantitative estimate of drug-likeness (QED) is 0.517. The Morgan fingerprint density at radius 3 is 2.07 bits per heavy atom. The number of aliphatic hydroxyl groups is 1. The molecule has 0 radical (unpaired) electrons. The highest BCUT2D eigenvalue weighted by Gasteiger charge is 2.72. The normalized spacial score (nSPS) is 35.4. The maximum absolute atomic E-state index is 12.4. The second kappa shape index (κ2) is 7.81. The number of carbonyl (C=O) groups excluding carboxylic acids is 4. The first-order valence-electron chi connectivity index (χ1n) is 8.57. The molecule has 1 aliphatic carbocycles. The van der Waals surface area contributed by atoms with Crippen molar-refractivity contribution in [2.45, 2.75) is 76.2 Å². The van der Waals surface area contributed by atoms with Gasteiger partial charge in [-0.25, -0.2) is 4.79 Å². The average molecular weight is 388 g/mol. The summed E-state index contributed by atoms with van der Waals surface area (Å²) in [4.78, 5) is 47.3. The van der Waals surface area contributed by atoms with E-state index in [0.29, 0.717) is 12.8 Å². The lowest BCUT2D eigenvalue weighted by molar-refractivity contribution is -0.360. The molecule has 10 nitrogen and oxygen atoms in total. The summed E-state index contributed by atoms with van der Waals surface area (Å²) in [6.07, 6.45) is -3.56. The summed E-state index contributed by atoms with van der Waals surface area (Å²) >= 11 is 0. The number of hydrogen-bond acceptors (Lipinski definition) is 10. The van der Waals surface area contributed by atoms with E-state index < -0.39 is 53.6 Å². The van der Waals surface area contributed by atoms with Crippen molar-refractivity contribution in [3.63, 3.8) is 0 Å². The van der Waals surface area contributed by atoms with Crippen molar-refractivity contribution in [1.82, 2.24) is 0 Å². The van der Waals surface area contributed by atoms with Crippen molar-refractivity contribution >= 4 is 23.9 Å². The van der Waals surface area contributed by atoms with Gasteiger partial charge in [-0.05, 0) is 19.3 Å². The van der Waals surface area contributed by atoms with E-state index in [0.717, 1.165) is 27.9 Å². The van der Waals surface area contributed by atoms with E-state index in [9.17, 15) is 24.3 Å². The Labute approximate surface area is 156 Å². The van der Waals surface area contributed by atoms with E-state index in [1.807, 2.05) is 0 Å². The molecule has 0 aromatic heterocycles. The topological polar surface area (TPSA) is 135 Å². The van der Waals surface area contributed by atoms with Crippen LogP contribution in [0.2, 0.25) is 0 Å². The van der Waals surface area contributed by atoms with Crippen LogP contribution in [0.4, 0.5) is 0 Å². The van der Waals surface area contributed by atoms with Gasteiger partial charge in [-0.3, -0.25) is 14.4 Å². The Bertz CT molecular complexity index is 631. The molecule has 1 aliphatic heterocycles. The largest absolute Gasteiger partial charge is 0.467 e. The molecule has 0 spiro atoms. The number of methoxy groups -OCH3 is 1. The zero-order valence-corrected chi connectivity index (χ0v) is 15.7. The van der Waals surface area contributed by atoms with E-state index in [-0.39, 0.29) is 12.8 Å². The van der Waals surface area contributed by atoms with Crippen molar-refractivity contribution < 1.29 is 48.0 Å². The molecule has 1 saturated carbocycles. The maximum Gasteiger partial charge on any atom is 0.339 e. The lowest BCUT2D eigenvalue weighted by Gasteiger charge is -2.58. The fraction of sp³-hybridized carbons (Fsp3) is 0.765. The zero-order valence-electron chi connectivity index (χ0n) is 15.7. The van der Waals surface area contributed by atoms with Gasteiger partial charge in [0.1, 0.15) is 0 Å². The molecule has 1 N–H and O–H groups in total. The van der Waals surface area contributed by atoms with E-state index >= 15 is 0 Å². The zero-order chi connectivity index (χ0) is 20.4. The average Bonchev–Trinajstić information content (AvgIpc) is 2.56. The van der Waals surface area contributed by atoms with E-state index in [1.165, 1.54) is 0 Å². The van der Waals surface area contributed by atoms with Gasteiger partial charge in [0.25, 0.3) is 0 Å². The summed E-state index contributed by atoms with van der Waals surface area (Å²) in [6, 6.07) is 0. The summed E-state index contributed by atoms with van der Waals surface area (Å²) in [6.45, 7) is 3.33. The minimum absolute atomic E-state index is 0.0207. The summed E-state index contributed by atoms with van der Waals surface area (Å²) in [7, 11) is 1.11. The molecule has 1 heterocycles. The molecule has 0 unspecified atom stereocenters. The molecule has 0 aromatic carbocycles. The van der Waals surface area contributed by atoms with Crippen LogP contribution in [0.5, 0.6) is 0 Å². The standard InChI is InChI=1S/C17H24O10/c1-9(18)24-13-15(25-10(2)19)26-12(14(21)23-4)17(27-11(3)20)8-6-5-7-16(13,17)22/h12-13,15,22H,5-8H2,1-4H3/t12-,13+,15-,16+,17+/m0/s1. The molecule has 152 valence electrons. The van der Waals surface area contributed by atoms with Gasteiger partial charge in [-0.15, -0.1) is 0 Å². The number of rotatable bonds is 4. The van der Waals surface area contributed by atoms with Crippen LogP contribution in [0, 0.1) is 0 Å². The smallest absolute Gasteiger partial charge is 0.339 e. The molecule has 2 rings (SSSR count). The molecule has 2 aliphatic rings. The van der Waals surface area contributed by atoms with Crippen molar-refractivity contribution in [2.75, 3.05) is 7.11 Å². The van der Waals surface area contributed by atoms with Crippen LogP contribution in [-0.2, 0) is 42.9 Å². The van der Waals surface area contributed by atoms with E-state index in [4.69, 9.17) is 23.7 Å². The third kappa shape index (κ3) is 3.77. The van der Waals surface area contributed by atoms with Crippen LogP contribution < -0.4 is 0 Å². The van der Waals surface area contributed by atoms with E-state index in [2.05, 4.69) is 0 Å². The van der Waals surface area contributed by atoms with E-state index in [1.54, 1.807) is 0 Å². The van der Waals surface area contributed by atoms with Gasteiger partial charge < -0.3 is 28.8 Å². The maximum atomic E-state index is 12.4. The predicted octanol–water partition coefficient (Wildman–Crippen LogP) is -0.0139. The first-order chi connectivity index (χ1) is 12.6. The second-order valence-corrected chi connectivity index (χ2v) is 6.66. The van der Waals surface area contributed by atoms with Crippen molar-refractivity contribution in [1.29, 1.82) is 0 Å². The Morgan fingerprint density at radius 1 is 0.963 bits per heavy atom. The molecule has 5 atom stereocenters. The molecule has 0 amide bonds. The van der Waals surface area contributed by atoms with Gasteiger partial charge in [0.05, 0.1) is 7.11 Å². The third-order valence-corrected chi connectivity index (χ3v) is 4.82. The van der Waals surface area contributed by atoms with Crippen LogP contribution in [0.1, 0.15) is 46.5 Å². The summed E-state index contributed by atoms with van der Waals surface area (Å²) in [5, 5.41) is 11.6. The highest BCUT2D eigenvalue weighted by atomic mass is 16.7. The monoisotopic (exact) mass is 388 g/mol. The molecule has 27 heavy (non-hydrogen) atoms. The molecular weight excluding hydrogens is 364 g/mol. The Hall–Kier alpha value is -2.20. The molecule has 2 fully saturated rings. The van der Waals surface area contributed by atoms with Gasteiger partial charge in [-0.1, -0.05) is 6.42 Å². The van der Waals surface area contributed by atoms with Crippen LogP contribution in [0.15, 0.2) is 0 Å². The minimum Gasteiger partial charge on any atom is -0.467 e. The van der Waals surface area contributed by atoms with Crippen LogP contribution in [0.3, 0.4) is 0 Å². The SMILES string of the molecule is COC(=O)[C@@H]1O[C@H](OC(C)=O)[C@@H](OC(C)=O)[C@]2(O)CCCC[C@@]12OC(C)=O. The Morgan fingerprint density at radius 2 is 1.56 bits per heavy atom. The highest BCUT2D eigenvalue weighted by molar-refractivity contribution is 5.78. The molecule has 10 heteroatoms. The Balaban J connectivity index is 2.63. The van der Waals surface area contributed by atoms with Crippen LogP contribution >= 0.6 is 0 Å². The molecule has 0 bridgehead atoms. The fourth-order valence-corrected chi connectivity index (χ4v) is 3.88. The Kier molecular flexibility index (Phi) is 6.10. The van der Waals surface area contributed by atoms with Gasteiger partial charge in [0, 0.05) is 20.8 Å². The highest BCUT2D eigenvalue weighted by Crippen LogP contribution is 2.51. The fourth-order valence-electron chi connectivity index (χ4n) is 3.88. The lowest BCUT2D eigenvalue weighted by atomic mass is 9.64. The lowest BCUT2D eigenvalue weighted by Crippen LogP contribution is -2.78. The van der Waals surface area contributed by atoms with Gasteiger partial charge in [-0.2, -0.15) is 0 Å². The number of esters is 4. The summed E-state index contributed by atoms with van der Waals surface area (Å²) < 4.78 is 26.0. The molecular formula is C17H24O10. The third-order valence-electron chi connectivity index (χ3n) is 4.82. The van der Waals surface area contributed by atoms with Gasteiger partial charge in [0.2, 0.25) is 12.4 Å². The number of hydrogen-bond donors (Lipinski definition) is 1. The summed E-state index contributed by atoms with van der Waals surface area (Å²) in [5.41, 5.74) is -3.89. The van der Waals surface area contributed by atoms with Crippen LogP contribution in [0.25, 0.3) is 0 Å². The van der Waals surface area contributed by atoms with Crippen molar-refractivity contribution in [3.05, 3.63) is 0 Å².